The van der Waals surface area contributed by atoms with Gasteiger partial charge in [0.05, 0.1) is 13.0 Å². The third-order valence-corrected chi connectivity index (χ3v) is 2.25. The summed E-state index contributed by atoms with van der Waals surface area (Å²) in [5.74, 6) is -1.63. The number of carbonyl (C=O) groups is 2. The van der Waals surface area contributed by atoms with Gasteiger partial charge in [-0.05, 0) is 24.6 Å². The van der Waals surface area contributed by atoms with E-state index in [0.717, 1.165) is 0 Å². The Hall–Kier alpha value is -1.71. The number of carbonyl (C=O) groups excluding carboxylic acids is 2. The predicted octanol–water partition coefficient (Wildman–Crippen LogP) is 2.06. The first-order valence-electron chi connectivity index (χ1n) is 4.87. The summed E-state index contributed by atoms with van der Waals surface area (Å²) in [7, 11) is 1.26. The Morgan fingerprint density at radius 2 is 1.88 bits per heavy atom. The second-order valence-corrected chi connectivity index (χ2v) is 3.53. The highest BCUT2D eigenvalue weighted by molar-refractivity contribution is 5.86. The molecule has 1 rings (SSSR count). The summed E-state index contributed by atoms with van der Waals surface area (Å²) in [5, 5.41) is 0. The van der Waals surface area contributed by atoms with Crippen LogP contribution in [-0.2, 0) is 14.3 Å². The number of methoxy groups -OCH3 is 1. The summed E-state index contributed by atoms with van der Waals surface area (Å²) in [4.78, 5) is 22.5. The molecule has 0 amide bonds. The number of Topliss-reactive ketones (excluding diaryl/α,β-unsaturated/α-hetero) is 1. The van der Waals surface area contributed by atoms with E-state index in [-0.39, 0.29) is 18.0 Å². The number of ether oxygens (including phenoxy) is 1. The minimum atomic E-state index is -0.650. The zero-order valence-electron chi connectivity index (χ0n) is 9.20. The van der Waals surface area contributed by atoms with Crippen molar-refractivity contribution < 1.29 is 18.7 Å². The lowest BCUT2D eigenvalue weighted by molar-refractivity contribution is -0.143. The summed E-state index contributed by atoms with van der Waals surface area (Å²) < 4.78 is 17.3. The van der Waals surface area contributed by atoms with Gasteiger partial charge in [-0.1, -0.05) is 12.1 Å². The molecule has 0 saturated carbocycles. The first kappa shape index (κ1) is 12.4. The minimum Gasteiger partial charge on any atom is -0.469 e. The lowest BCUT2D eigenvalue weighted by Crippen LogP contribution is -2.17. The van der Waals surface area contributed by atoms with Gasteiger partial charge in [-0.25, -0.2) is 4.39 Å². The summed E-state index contributed by atoms with van der Waals surface area (Å²) >= 11 is 0. The lowest BCUT2D eigenvalue weighted by Gasteiger charge is -2.13. The van der Waals surface area contributed by atoms with Gasteiger partial charge in [0.1, 0.15) is 11.6 Å². The van der Waals surface area contributed by atoms with Crippen LogP contribution in [0, 0.1) is 5.82 Å². The average Bonchev–Trinajstić information content (AvgIpc) is 2.26. The van der Waals surface area contributed by atoms with Crippen LogP contribution in [0.4, 0.5) is 4.39 Å². The third-order valence-electron chi connectivity index (χ3n) is 2.25. The van der Waals surface area contributed by atoms with E-state index >= 15 is 0 Å². The maximum atomic E-state index is 12.7. The smallest absolute Gasteiger partial charge is 0.313 e. The molecule has 1 aromatic carbocycles. The van der Waals surface area contributed by atoms with Gasteiger partial charge in [0.2, 0.25) is 0 Å². The Bertz CT molecular complexity index is 384. The molecule has 4 heteroatoms. The summed E-state index contributed by atoms with van der Waals surface area (Å²) in [6, 6.07) is 5.48. The van der Waals surface area contributed by atoms with E-state index in [1.807, 2.05) is 0 Å². The Morgan fingerprint density at radius 3 is 2.31 bits per heavy atom. The van der Waals surface area contributed by atoms with Crippen LogP contribution >= 0.6 is 0 Å². The molecule has 0 aromatic heterocycles. The van der Waals surface area contributed by atoms with Crippen LogP contribution in [-0.4, -0.2) is 18.9 Å². The van der Waals surface area contributed by atoms with E-state index in [0.29, 0.717) is 5.56 Å². The molecule has 1 atom stereocenters. The summed E-state index contributed by atoms with van der Waals surface area (Å²) in [6.07, 6.45) is 0.0678. The van der Waals surface area contributed by atoms with Crippen LogP contribution in [0.15, 0.2) is 24.3 Å². The van der Waals surface area contributed by atoms with Gasteiger partial charge in [0.25, 0.3) is 0 Å². The van der Waals surface area contributed by atoms with Gasteiger partial charge in [0.15, 0.2) is 0 Å². The standard InChI is InChI=1S/C12H13FO3/c1-8(14)7-11(12(15)16-2)9-3-5-10(13)6-4-9/h3-6,11H,7H2,1-2H3/t11-/m1/s1. The molecule has 0 saturated heterocycles. The molecular weight excluding hydrogens is 211 g/mol. The van der Waals surface area contributed by atoms with Crippen molar-refractivity contribution in [3.05, 3.63) is 35.6 Å². The second kappa shape index (κ2) is 5.39. The molecule has 0 radical (unpaired) electrons. The summed E-state index contributed by atoms with van der Waals surface area (Å²) in [5.41, 5.74) is 0.587. The fraction of sp³-hybridized carbons (Fsp3) is 0.333. The van der Waals surface area contributed by atoms with Crippen molar-refractivity contribution >= 4 is 11.8 Å². The van der Waals surface area contributed by atoms with Crippen molar-refractivity contribution in [1.82, 2.24) is 0 Å². The van der Waals surface area contributed by atoms with E-state index < -0.39 is 11.9 Å². The molecular formula is C12H13FO3. The fourth-order valence-electron chi connectivity index (χ4n) is 1.46. The van der Waals surface area contributed by atoms with Gasteiger partial charge in [0, 0.05) is 6.42 Å². The molecule has 0 heterocycles. The molecule has 0 bridgehead atoms. The van der Waals surface area contributed by atoms with Gasteiger partial charge in [-0.2, -0.15) is 0 Å². The zero-order valence-corrected chi connectivity index (χ0v) is 9.20. The van der Waals surface area contributed by atoms with Crippen molar-refractivity contribution in [1.29, 1.82) is 0 Å². The Balaban J connectivity index is 2.96. The van der Waals surface area contributed by atoms with Crippen LogP contribution in [0.5, 0.6) is 0 Å². The molecule has 0 N–H and O–H groups in total. The molecule has 0 fully saturated rings. The number of hydrogen-bond acceptors (Lipinski definition) is 3. The van der Waals surface area contributed by atoms with Crippen LogP contribution < -0.4 is 0 Å². The van der Waals surface area contributed by atoms with Gasteiger partial charge < -0.3 is 4.74 Å². The number of ketones is 1. The Kier molecular flexibility index (Phi) is 4.17. The van der Waals surface area contributed by atoms with Gasteiger partial charge in [-0.15, -0.1) is 0 Å². The third kappa shape index (κ3) is 3.15. The van der Waals surface area contributed by atoms with Crippen molar-refractivity contribution in [2.45, 2.75) is 19.3 Å². The molecule has 0 aliphatic rings. The Morgan fingerprint density at radius 1 is 1.31 bits per heavy atom. The normalized spacial score (nSPS) is 11.9. The highest BCUT2D eigenvalue weighted by Gasteiger charge is 2.22. The van der Waals surface area contributed by atoms with Gasteiger partial charge >= 0.3 is 5.97 Å². The Labute approximate surface area is 93.2 Å². The molecule has 0 aliphatic heterocycles. The van der Waals surface area contributed by atoms with Crippen LogP contribution in [0.1, 0.15) is 24.8 Å². The van der Waals surface area contributed by atoms with Crippen LogP contribution in [0.2, 0.25) is 0 Å². The zero-order chi connectivity index (χ0) is 12.1. The van der Waals surface area contributed by atoms with Crippen molar-refractivity contribution in [2.24, 2.45) is 0 Å². The van der Waals surface area contributed by atoms with Crippen molar-refractivity contribution in [2.75, 3.05) is 7.11 Å². The highest BCUT2D eigenvalue weighted by Crippen LogP contribution is 2.21. The molecule has 3 nitrogen and oxygen atoms in total. The molecule has 16 heavy (non-hydrogen) atoms. The van der Waals surface area contributed by atoms with E-state index in [9.17, 15) is 14.0 Å². The maximum Gasteiger partial charge on any atom is 0.313 e. The van der Waals surface area contributed by atoms with E-state index in [1.54, 1.807) is 0 Å². The molecule has 0 unspecified atom stereocenters. The number of esters is 1. The molecule has 86 valence electrons. The molecule has 0 aliphatic carbocycles. The van der Waals surface area contributed by atoms with Crippen LogP contribution in [0.25, 0.3) is 0 Å². The quantitative estimate of drug-likeness (QED) is 0.735. The molecule has 1 aromatic rings. The number of rotatable bonds is 4. The van der Waals surface area contributed by atoms with Crippen LogP contribution in [0.3, 0.4) is 0 Å². The second-order valence-electron chi connectivity index (χ2n) is 3.53. The van der Waals surface area contributed by atoms with Gasteiger partial charge in [-0.3, -0.25) is 9.59 Å². The monoisotopic (exact) mass is 224 g/mol. The number of halogens is 1. The predicted molar refractivity (Wildman–Crippen MR) is 56.5 cm³/mol. The van der Waals surface area contributed by atoms with E-state index in [2.05, 4.69) is 4.74 Å². The van der Waals surface area contributed by atoms with E-state index in [4.69, 9.17) is 0 Å². The largest absolute Gasteiger partial charge is 0.469 e. The lowest BCUT2D eigenvalue weighted by atomic mass is 9.94. The highest BCUT2D eigenvalue weighted by atomic mass is 19.1. The minimum absolute atomic E-state index is 0.0678. The first-order chi connectivity index (χ1) is 7.54. The average molecular weight is 224 g/mol. The van der Waals surface area contributed by atoms with E-state index in [1.165, 1.54) is 38.3 Å². The topological polar surface area (TPSA) is 43.4 Å². The summed E-state index contributed by atoms with van der Waals surface area (Å²) in [6.45, 7) is 1.40. The maximum absolute atomic E-state index is 12.7. The molecule has 0 spiro atoms. The fourth-order valence-corrected chi connectivity index (χ4v) is 1.46. The number of benzene rings is 1. The first-order valence-corrected chi connectivity index (χ1v) is 4.87. The van der Waals surface area contributed by atoms with Crippen molar-refractivity contribution in [3.63, 3.8) is 0 Å². The van der Waals surface area contributed by atoms with Crippen molar-refractivity contribution in [3.8, 4) is 0 Å². The number of hydrogen-bond donors (Lipinski definition) is 0. The SMILES string of the molecule is COC(=O)[C@H](CC(C)=O)c1ccc(F)cc1.